The SMILES string of the molecule is C#CC(C)(C)c1cccc(NC(C)=O)c1. The molecule has 0 aromatic heterocycles. The quantitative estimate of drug-likeness (QED) is 0.732. The van der Waals surface area contributed by atoms with Crippen molar-refractivity contribution in [3.63, 3.8) is 0 Å². The smallest absolute Gasteiger partial charge is 0.221 e. The van der Waals surface area contributed by atoms with Crippen LogP contribution in [0.3, 0.4) is 0 Å². The molecule has 2 nitrogen and oxygen atoms in total. The van der Waals surface area contributed by atoms with E-state index >= 15 is 0 Å². The van der Waals surface area contributed by atoms with Crippen LogP contribution in [0.4, 0.5) is 5.69 Å². The molecule has 0 fully saturated rings. The van der Waals surface area contributed by atoms with Gasteiger partial charge in [0, 0.05) is 12.6 Å². The molecule has 1 amide bonds. The Bertz CT molecular complexity index is 413. The second-order valence-corrected chi connectivity index (χ2v) is 4.03. The Morgan fingerprint density at radius 2 is 2.13 bits per heavy atom. The first-order chi connectivity index (χ1) is 6.95. The number of anilines is 1. The highest BCUT2D eigenvalue weighted by molar-refractivity contribution is 5.88. The fourth-order valence-corrected chi connectivity index (χ4v) is 1.27. The van der Waals surface area contributed by atoms with Crippen molar-refractivity contribution in [2.24, 2.45) is 0 Å². The number of hydrogen-bond acceptors (Lipinski definition) is 1. The summed E-state index contributed by atoms with van der Waals surface area (Å²) in [4.78, 5) is 10.9. The molecule has 78 valence electrons. The van der Waals surface area contributed by atoms with Crippen molar-refractivity contribution in [2.45, 2.75) is 26.2 Å². The molecule has 0 radical (unpaired) electrons. The second kappa shape index (κ2) is 4.18. The van der Waals surface area contributed by atoms with E-state index < -0.39 is 0 Å². The summed E-state index contributed by atoms with van der Waals surface area (Å²) in [5.41, 5.74) is 1.49. The van der Waals surface area contributed by atoms with Gasteiger partial charge in [-0.3, -0.25) is 4.79 Å². The Morgan fingerprint density at radius 3 is 2.67 bits per heavy atom. The summed E-state index contributed by atoms with van der Waals surface area (Å²) in [6, 6.07) is 7.60. The zero-order valence-electron chi connectivity index (χ0n) is 9.29. The Kier molecular flexibility index (Phi) is 3.16. The molecule has 0 heterocycles. The summed E-state index contributed by atoms with van der Waals surface area (Å²) in [7, 11) is 0. The largest absolute Gasteiger partial charge is 0.326 e. The topological polar surface area (TPSA) is 29.1 Å². The number of hydrogen-bond donors (Lipinski definition) is 1. The van der Waals surface area contributed by atoms with Crippen LogP contribution in [0, 0.1) is 12.3 Å². The van der Waals surface area contributed by atoms with Gasteiger partial charge in [-0.15, -0.1) is 6.42 Å². The van der Waals surface area contributed by atoms with Crippen LogP contribution in [0.2, 0.25) is 0 Å². The molecule has 0 saturated heterocycles. The van der Waals surface area contributed by atoms with E-state index in [0.717, 1.165) is 11.3 Å². The zero-order chi connectivity index (χ0) is 11.5. The standard InChI is InChI=1S/C13H15NO/c1-5-13(3,4)11-7-6-8-12(9-11)14-10(2)15/h1,6-9H,2-4H3,(H,14,15). The minimum absolute atomic E-state index is 0.0781. The van der Waals surface area contributed by atoms with Gasteiger partial charge in [-0.1, -0.05) is 18.1 Å². The molecule has 0 spiro atoms. The maximum Gasteiger partial charge on any atom is 0.221 e. The average molecular weight is 201 g/mol. The lowest BCUT2D eigenvalue weighted by atomic mass is 9.85. The lowest BCUT2D eigenvalue weighted by molar-refractivity contribution is -0.114. The zero-order valence-corrected chi connectivity index (χ0v) is 9.29. The first-order valence-corrected chi connectivity index (χ1v) is 4.81. The van der Waals surface area contributed by atoms with Gasteiger partial charge in [0.05, 0.1) is 5.41 Å². The van der Waals surface area contributed by atoms with E-state index in [9.17, 15) is 4.79 Å². The number of benzene rings is 1. The van der Waals surface area contributed by atoms with Gasteiger partial charge in [0.1, 0.15) is 0 Å². The van der Waals surface area contributed by atoms with E-state index in [4.69, 9.17) is 6.42 Å². The molecule has 0 atom stereocenters. The molecule has 0 aliphatic heterocycles. The fraction of sp³-hybridized carbons (Fsp3) is 0.308. The fourth-order valence-electron chi connectivity index (χ4n) is 1.27. The van der Waals surface area contributed by atoms with Gasteiger partial charge in [0.25, 0.3) is 0 Å². The molecule has 0 aliphatic carbocycles. The maximum absolute atomic E-state index is 10.9. The van der Waals surface area contributed by atoms with Gasteiger partial charge in [0.2, 0.25) is 5.91 Å². The molecule has 1 rings (SSSR count). The summed E-state index contributed by atoms with van der Waals surface area (Å²) in [5.74, 6) is 2.65. The van der Waals surface area contributed by atoms with Gasteiger partial charge < -0.3 is 5.32 Å². The van der Waals surface area contributed by atoms with Crippen molar-refractivity contribution in [1.82, 2.24) is 0 Å². The van der Waals surface area contributed by atoms with E-state index in [1.165, 1.54) is 6.92 Å². The van der Waals surface area contributed by atoms with Gasteiger partial charge in [-0.25, -0.2) is 0 Å². The molecule has 15 heavy (non-hydrogen) atoms. The molecule has 1 aromatic rings. The number of rotatable bonds is 2. The monoisotopic (exact) mass is 201 g/mol. The summed E-state index contributed by atoms with van der Waals surface area (Å²) in [6.07, 6.45) is 5.45. The normalized spacial score (nSPS) is 10.5. The van der Waals surface area contributed by atoms with Gasteiger partial charge in [0.15, 0.2) is 0 Å². The lowest BCUT2D eigenvalue weighted by Crippen LogP contribution is -2.14. The number of amides is 1. The van der Waals surface area contributed by atoms with E-state index in [1.54, 1.807) is 0 Å². The summed E-state index contributed by atoms with van der Waals surface area (Å²) < 4.78 is 0. The lowest BCUT2D eigenvalue weighted by Gasteiger charge is -2.18. The molecule has 0 aliphatic rings. The Morgan fingerprint density at radius 1 is 1.47 bits per heavy atom. The van der Waals surface area contributed by atoms with Crippen LogP contribution in [0.1, 0.15) is 26.3 Å². The van der Waals surface area contributed by atoms with Crippen LogP contribution in [0.25, 0.3) is 0 Å². The Balaban J connectivity index is 3.04. The predicted molar refractivity (Wildman–Crippen MR) is 62.6 cm³/mol. The number of carbonyl (C=O) groups is 1. The molecular weight excluding hydrogens is 186 g/mol. The van der Waals surface area contributed by atoms with Crippen LogP contribution in [-0.2, 0) is 10.2 Å². The molecule has 0 saturated carbocycles. The predicted octanol–water partition coefficient (Wildman–Crippen LogP) is 2.56. The number of nitrogens with one attached hydrogen (secondary N) is 1. The molecular formula is C13H15NO. The van der Waals surface area contributed by atoms with Crippen molar-refractivity contribution in [1.29, 1.82) is 0 Å². The molecule has 1 aromatic carbocycles. The van der Waals surface area contributed by atoms with Crippen molar-refractivity contribution >= 4 is 11.6 Å². The second-order valence-electron chi connectivity index (χ2n) is 4.03. The van der Waals surface area contributed by atoms with Crippen molar-refractivity contribution in [2.75, 3.05) is 5.32 Å². The van der Waals surface area contributed by atoms with E-state index in [2.05, 4.69) is 11.2 Å². The van der Waals surface area contributed by atoms with Gasteiger partial charge in [-0.2, -0.15) is 0 Å². The third-order valence-corrected chi connectivity index (χ3v) is 2.27. The van der Waals surface area contributed by atoms with Crippen molar-refractivity contribution in [3.05, 3.63) is 29.8 Å². The Hall–Kier alpha value is -1.75. The highest BCUT2D eigenvalue weighted by Gasteiger charge is 2.17. The Labute approximate surface area is 90.7 Å². The number of carbonyl (C=O) groups excluding carboxylic acids is 1. The highest BCUT2D eigenvalue weighted by Crippen LogP contribution is 2.24. The minimum Gasteiger partial charge on any atom is -0.326 e. The van der Waals surface area contributed by atoms with Crippen LogP contribution < -0.4 is 5.32 Å². The van der Waals surface area contributed by atoms with Crippen LogP contribution in [-0.4, -0.2) is 5.91 Å². The number of terminal acetylenes is 1. The molecule has 0 unspecified atom stereocenters. The summed E-state index contributed by atoms with van der Waals surface area (Å²) in [5, 5.41) is 2.73. The summed E-state index contributed by atoms with van der Waals surface area (Å²) >= 11 is 0. The van der Waals surface area contributed by atoms with E-state index in [-0.39, 0.29) is 11.3 Å². The van der Waals surface area contributed by atoms with Crippen LogP contribution in [0.5, 0.6) is 0 Å². The third kappa shape index (κ3) is 2.85. The average Bonchev–Trinajstić information content (AvgIpc) is 2.17. The van der Waals surface area contributed by atoms with E-state index in [0.29, 0.717) is 0 Å². The molecule has 2 heteroatoms. The highest BCUT2D eigenvalue weighted by atomic mass is 16.1. The van der Waals surface area contributed by atoms with Crippen LogP contribution in [0.15, 0.2) is 24.3 Å². The maximum atomic E-state index is 10.9. The first-order valence-electron chi connectivity index (χ1n) is 4.81. The van der Waals surface area contributed by atoms with E-state index in [1.807, 2.05) is 38.1 Å². The van der Waals surface area contributed by atoms with Crippen LogP contribution >= 0.6 is 0 Å². The van der Waals surface area contributed by atoms with Crippen molar-refractivity contribution in [3.8, 4) is 12.3 Å². The van der Waals surface area contributed by atoms with Gasteiger partial charge in [-0.05, 0) is 31.5 Å². The summed E-state index contributed by atoms with van der Waals surface area (Å²) in [6.45, 7) is 5.43. The third-order valence-electron chi connectivity index (χ3n) is 2.27. The molecule has 0 bridgehead atoms. The minimum atomic E-state index is -0.311. The van der Waals surface area contributed by atoms with Gasteiger partial charge >= 0.3 is 0 Å². The van der Waals surface area contributed by atoms with Crippen molar-refractivity contribution < 1.29 is 4.79 Å². The molecule has 1 N–H and O–H groups in total. The first kappa shape index (κ1) is 11.3.